The predicted molar refractivity (Wildman–Crippen MR) is 144 cm³/mol. The summed E-state index contributed by atoms with van der Waals surface area (Å²) in [5.74, 6) is -1.57. The first-order valence-corrected chi connectivity index (χ1v) is 12.2. The Bertz CT molecular complexity index is 1390. The van der Waals surface area contributed by atoms with Crippen molar-refractivity contribution >= 4 is 46.3 Å². The molecule has 36 heavy (non-hydrogen) atoms. The van der Waals surface area contributed by atoms with E-state index in [0.29, 0.717) is 27.0 Å². The van der Waals surface area contributed by atoms with Crippen molar-refractivity contribution in [1.82, 2.24) is 0 Å². The molecule has 0 aliphatic carbocycles. The smallest absolute Gasteiger partial charge is 0.300 e. The monoisotopic (exact) mass is 523 g/mol. The quantitative estimate of drug-likeness (QED) is 0.222. The molecular formula is C29H27Cl2NO4. The lowest BCUT2D eigenvalue weighted by Crippen LogP contribution is -2.30. The molecule has 0 radical (unpaired) electrons. The number of aryl methyl sites for hydroxylation is 1. The van der Waals surface area contributed by atoms with Gasteiger partial charge >= 0.3 is 0 Å². The maximum Gasteiger partial charge on any atom is 0.300 e. The van der Waals surface area contributed by atoms with Crippen molar-refractivity contribution < 1.29 is 19.4 Å². The lowest BCUT2D eigenvalue weighted by atomic mass is 9.85. The van der Waals surface area contributed by atoms with Crippen molar-refractivity contribution in [2.75, 3.05) is 12.0 Å². The molecule has 1 heterocycles. The number of aliphatic hydroxyl groups is 1. The average Bonchev–Trinajstić information content (AvgIpc) is 3.08. The van der Waals surface area contributed by atoms with Crippen LogP contribution in [0.1, 0.15) is 49.1 Å². The summed E-state index contributed by atoms with van der Waals surface area (Å²) in [6, 6.07) is 16.7. The Balaban J connectivity index is 1.99. The van der Waals surface area contributed by atoms with E-state index in [-0.39, 0.29) is 22.3 Å². The Labute approximate surface area is 220 Å². The van der Waals surface area contributed by atoms with Gasteiger partial charge in [-0.25, -0.2) is 0 Å². The fraction of sp³-hybridized carbons (Fsp3) is 0.241. The van der Waals surface area contributed by atoms with Gasteiger partial charge in [-0.2, -0.15) is 0 Å². The van der Waals surface area contributed by atoms with Crippen LogP contribution in [0, 0.1) is 6.92 Å². The molecule has 0 aromatic heterocycles. The summed E-state index contributed by atoms with van der Waals surface area (Å²) in [6.07, 6.45) is 0. The van der Waals surface area contributed by atoms with E-state index in [0.717, 1.165) is 11.1 Å². The Morgan fingerprint density at radius 1 is 0.944 bits per heavy atom. The first kappa shape index (κ1) is 25.8. The highest BCUT2D eigenvalue weighted by Crippen LogP contribution is 2.45. The standard InChI is InChI=1S/C29H27Cl2NO4/c1-16-14-19(30)10-12-22(16)32-25(17-6-8-18(9-7-17)29(2,3)4)24(27(34)28(32)35)26(33)21-15-20(31)11-13-23(21)36-5/h6-15,25,33H,1-5H3/b26-24+. The van der Waals surface area contributed by atoms with Crippen molar-refractivity contribution in [3.8, 4) is 5.75 Å². The summed E-state index contributed by atoms with van der Waals surface area (Å²) in [5, 5.41) is 12.3. The molecule has 1 unspecified atom stereocenters. The third kappa shape index (κ3) is 4.61. The molecule has 1 aliphatic rings. The number of anilines is 1. The van der Waals surface area contributed by atoms with Gasteiger partial charge in [0.25, 0.3) is 11.7 Å². The van der Waals surface area contributed by atoms with Crippen LogP contribution >= 0.6 is 23.2 Å². The van der Waals surface area contributed by atoms with Crippen molar-refractivity contribution in [3.63, 3.8) is 0 Å². The number of carbonyl (C=O) groups excluding carboxylic acids is 2. The van der Waals surface area contributed by atoms with Gasteiger partial charge in [0.2, 0.25) is 0 Å². The molecule has 3 aromatic carbocycles. The van der Waals surface area contributed by atoms with Crippen LogP contribution in [0.15, 0.2) is 66.2 Å². The summed E-state index contributed by atoms with van der Waals surface area (Å²) >= 11 is 12.4. The van der Waals surface area contributed by atoms with Gasteiger partial charge in [-0.1, -0.05) is 68.2 Å². The highest BCUT2D eigenvalue weighted by atomic mass is 35.5. The molecule has 1 aliphatic heterocycles. The summed E-state index contributed by atoms with van der Waals surface area (Å²) in [5.41, 5.74) is 3.14. The zero-order valence-corrected chi connectivity index (χ0v) is 22.2. The van der Waals surface area contributed by atoms with Crippen LogP contribution in [0.25, 0.3) is 5.76 Å². The van der Waals surface area contributed by atoms with Crippen molar-refractivity contribution in [3.05, 3.63) is 98.5 Å². The van der Waals surface area contributed by atoms with E-state index in [2.05, 4.69) is 20.8 Å². The largest absolute Gasteiger partial charge is 0.507 e. The van der Waals surface area contributed by atoms with Crippen LogP contribution in [0.5, 0.6) is 5.75 Å². The highest BCUT2D eigenvalue weighted by Gasteiger charge is 2.47. The van der Waals surface area contributed by atoms with E-state index < -0.39 is 17.7 Å². The molecule has 4 rings (SSSR count). The van der Waals surface area contributed by atoms with Gasteiger partial charge in [0.05, 0.1) is 24.3 Å². The number of rotatable bonds is 4. The van der Waals surface area contributed by atoms with Gasteiger partial charge in [0.15, 0.2) is 0 Å². The summed E-state index contributed by atoms with van der Waals surface area (Å²) in [6.45, 7) is 8.14. The topological polar surface area (TPSA) is 66.8 Å². The fourth-order valence-electron chi connectivity index (χ4n) is 4.46. The first-order valence-electron chi connectivity index (χ1n) is 11.5. The van der Waals surface area contributed by atoms with Crippen LogP contribution in [-0.2, 0) is 15.0 Å². The van der Waals surface area contributed by atoms with Gasteiger partial charge < -0.3 is 9.84 Å². The summed E-state index contributed by atoms with van der Waals surface area (Å²) in [4.78, 5) is 28.3. The van der Waals surface area contributed by atoms with Gasteiger partial charge in [0, 0.05) is 15.7 Å². The molecule has 1 saturated heterocycles. The summed E-state index contributed by atoms with van der Waals surface area (Å²) in [7, 11) is 1.46. The number of carbonyl (C=O) groups is 2. The molecule has 0 saturated carbocycles. The molecular weight excluding hydrogens is 497 g/mol. The van der Waals surface area contributed by atoms with Crippen LogP contribution in [0.3, 0.4) is 0 Å². The number of amides is 1. The van der Waals surface area contributed by atoms with Gasteiger partial charge in [-0.05, 0) is 65.4 Å². The molecule has 0 bridgehead atoms. The number of Topliss-reactive ketones (excluding diaryl/α,β-unsaturated/α-hetero) is 1. The Morgan fingerprint density at radius 3 is 2.14 bits per heavy atom. The number of halogens is 2. The van der Waals surface area contributed by atoms with Crippen LogP contribution in [0.2, 0.25) is 10.0 Å². The first-order chi connectivity index (χ1) is 16.9. The molecule has 5 nitrogen and oxygen atoms in total. The molecule has 1 amide bonds. The molecule has 186 valence electrons. The minimum atomic E-state index is -0.873. The van der Waals surface area contributed by atoms with E-state index in [1.165, 1.54) is 18.1 Å². The highest BCUT2D eigenvalue weighted by molar-refractivity contribution is 6.52. The van der Waals surface area contributed by atoms with Crippen LogP contribution in [-0.4, -0.2) is 23.9 Å². The average molecular weight is 524 g/mol. The summed E-state index contributed by atoms with van der Waals surface area (Å²) < 4.78 is 5.40. The lowest BCUT2D eigenvalue weighted by Gasteiger charge is -2.28. The van der Waals surface area contributed by atoms with E-state index >= 15 is 0 Å². The Morgan fingerprint density at radius 2 is 1.56 bits per heavy atom. The predicted octanol–water partition coefficient (Wildman–Crippen LogP) is 7.23. The third-order valence-corrected chi connectivity index (χ3v) is 6.84. The third-order valence-electron chi connectivity index (χ3n) is 6.37. The number of ether oxygens (including phenoxy) is 1. The Hall–Kier alpha value is -3.28. The SMILES string of the molecule is COc1ccc(Cl)cc1/C(O)=C1\C(=O)C(=O)N(c2ccc(Cl)cc2C)C1c1ccc(C(C)(C)C)cc1. The van der Waals surface area contributed by atoms with E-state index in [1.54, 1.807) is 30.3 Å². The van der Waals surface area contributed by atoms with E-state index in [9.17, 15) is 14.7 Å². The molecule has 1 N–H and O–H groups in total. The molecule has 0 spiro atoms. The second-order valence-electron chi connectivity index (χ2n) is 9.82. The molecule has 7 heteroatoms. The number of benzene rings is 3. The molecule has 1 fully saturated rings. The number of hydrogen-bond donors (Lipinski definition) is 1. The zero-order chi connectivity index (χ0) is 26.4. The van der Waals surface area contributed by atoms with Crippen LogP contribution in [0.4, 0.5) is 5.69 Å². The van der Waals surface area contributed by atoms with Gasteiger partial charge in [-0.3, -0.25) is 14.5 Å². The van der Waals surface area contributed by atoms with E-state index in [1.807, 2.05) is 31.2 Å². The molecule has 1 atom stereocenters. The lowest BCUT2D eigenvalue weighted by molar-refractivity contribution is -0.132. The minimum absolute atomic E-state index is 0.0431. The Kier molecular flexibility index (Phi) is 6.91. The normalized spacial score (nSPS) is 17.5. The minimum Gasteiger partial charge on any atom is -0.507 e. The maximum absolute atomic E-state index is 13.5. The van der Waals surface area contributed by atoms with Gasteiger partial charge in [-0.15, -0.1) is 0 Å². The van der Waals surface area contributed by atoms with Gasteiger partial charge in [0.1, 0.15) is 11.5 Å². The number of ketones is 1. The maximum atomic E-state index is 13.5. The molecule has 3 aromatic rings. The van der Waals surface area contributed by atoms with Crippen molar-refractivity contribution in [2.45, 2.75) is 39.2 Å². The number of hydrogen-bond acceptors (Lipinski definition) is 4. The number of aliphatic hydroxyl groups excluding tert-OH is 1. The zero-order valence-electron chi connectivity index (χ0n) is 20.7. The number of nitrogens with zero attached hydrogens (tertiary/aromatic N) is 1. The van der Waals surface area contributed by atoms with Crippen LogP contribution < -0.4 is 9.64 Å². The van der Waals surface area contributed by atoms with Crippen molar-refractivity contribution in [1.29, 1.82) is 0 Å². The van der Waals surface area contributed by atoms with Crippen molar-refractivity contribution in [2.24, 2.45) is 0 Å². The fourth-order valence-corrected chi connectivity index (χ4v) is 4.86. The van der Waals surface area contributed by atoms with E-state index in [4.69, 9.17) is 27.9 Å². The number of methoxy groups -OCH3 is 1. The second-order valence-corrected chi connectivity index (χ2v) is 10.7. The second kappa shape index (κ2) is 9.64.